The molecule has 2 aliphatic rings. The number of imidazole rings is 2. The van der Waals surface area contributed by atoms with Crippen LogP contribution in [-0.4, -0.2) is 113 Å². The maximum absolute atomic E-state index is 14.9. The maximum atomic E-state index is 14.9. The average molecular weight is 861 g/mol. The van der Waals surface area contributed by atoms with Crippen LogP contribution in [0.25, 0.3) is 22.8 Å². The van der Waals surface area contributed by atoms with E-state index >= 15 is 0 Å². The van der Waals surface area contributed by atoms with Crippen molar-refractivity contribution >= 4 is 23.6 Å². The van der Waals surface area contributed by atoms with Gasteiger partial charge in [-0.05, 0) is 56.9 Å². The number of ether oxygens (including phenoxy) is 1. The molecule has 0 saturated carbocycles. The van der Waals surface area contributed by atoms with E-state index < -0.39 is 40.5 Å². The molecule has 2 aromatic carbocycles. The Labute approximate surface area is 363 Å². The lowest BCUT2D eigenvalue weighted by Crippen LogP contribution is -2.53. The lowest BCUT2D eigenvalue weighted by molar-refractivity contribution is -0.125. The van der Waals surface area contributed by atoms with Crippen molar-refractivity contribution < 1.29 is 32.7 Å². The van der Waals surface area contributed by atoms with Gasteiger partial charge in [0.25, 0.3) is 11.8 Å². The molecule has 0 bridgehead atoms. The topological polar surface area (TPSA) is 168 Å². The summed E-state index contributed by atoms with van der Waals surface area (Å²) >= 11 is 0. The zero-order chi connectivity index (χ0) is 45.7. The number of carbonyl (C=O) groups is 4. The second-order valence-electron chi connectivity index (χ2n) is 18.1. The Balaban J connectivity index is 0.000000236. The lowest BCUT2D eigenvalue weighted by atomic mass is 9.86. The first kappa shape index (κ1) is 47.4. The van der Waals surface area contributed by atoms with Gasteiger partial charge in [-0.3, -0.25) is 19.2 Å². The molecule has 2 aromatic heterocycles. The van der Waals surface area contributed by atoms with Gasteiger partial charge in [-0.2, -0.15) is 0 Å². The Morgan fingerprint density at radius 2 is 1.13 bits per heavy atom. The number of aromatic nitrogens is 4. The summed E-state index contributed by atoms with van der Waals surface area (Å²) in [7, 11) is 8.31. The van der Waals surface area contributed by atoms with Crippen LogP contribution in [0.3, 0.4) is 0 Å². The summed E-state index contributed by atoms with van der Waals surface area (Å²) < 4.78 is 38.1. The quantitative estimate of drug-likeness (QED) is 0.184. The molecule has 2 atom stereocenters. The molecule has 4 N–H and O–H groups in total. The Morgan fingerprint density at radius 1 is 0.677 bits per heavy atom. The molecule has 6 rings (SSSR count). The Hall–Kier alpha value is -5.68. The van der Waals surface area contributed by atoms with Crippen LogP contribution < -0.4 is 26.0 Å². The highest BCUT2D eigenvalue weighted by Crippen LogP contribution is 2.33. The highest BCUT2D eigenvalue weighted by molar-refractivity contribution is 5.98. The van der Waals surface area contributed by atoms with Crippen LogP contribution in [-0.2, 0) is 35.8 Å². The van der Waals surface area contributed by atoms with E-state index in [0.29, 0.717) is 31.0 Å². The number of carbonyl (C=O) groups excluding carboxylic acids is 4. The van der Waals surface area contributed by atoms with Crippen molar-refractivity contribution in [3.8, 4) is 28.5 Å². The molecular formula is C45H62F2N10O5. The van der Waals surface area contributed by atoms with Crippen molar-refractivity contribution in [2.24, 2.45) is 10.8 Å². The molecular weight excluding hydrogens is 799 g/mol. The molecule has 4 aromatic rings. The predicted molar refractivity (Wildman–Crippen MR) is 233 cm³/mol. The standard InChI is InChI=1S/C23H31F2N5O3.C22H31N5O2/c1-23(2,3)19(22(32)26-4)28-21(31)18-16-12-29(5)8-7-9-30(16)20(27-18)13-10-15(25)17(33-6)11-14(13)24;1-22(2,3)18(21(29)23-4)25-20(28)17-16-14-26(5)12-9-13-27(16)19(24-17)15-10-7-6-8-11-15/h10-11,19H,7-9,12H2,1-6H3,(H,26,32)(H,28,31);6-8,10-11,18H,9,12-14H2,1-5H3,(H,23,29)(H,25,28)/t19-;18-/m11/s1. The normalized spacial score (nSPS) is 15.6. The van der Waals surface area contributed by atoms with Gasteiger partial charge in [-0.15, -0.1) is 0 Å². The molecule has 0 spiro atoms. The molecule has 17 heteroatoms. The van der Waals surface area contributed by atoms with Gasteiger partial charge in [-0.25, -0.2) is 18.7 Å². The fraction of sp³-hybridized carbons (Fsp3) is 0.511. The molecule has 0 unspecified atom stereocenters. The number of hydrogen-bond acceptors (Lipinski definition) is 9. The van der Waals surface area contributed by atoms with E-state index in [1.807, 2.05) is 83.8 Å². The first-order chi connectivity index (χ1) is 29.2. The Bertz CT molecular complexity index is 2260. The van der Waals surface area contributed by atoms with Crippen LogP contribution >= 0.6 is 0 Å². The van der Waals surface area contributed by atoms with Crippen LogP contribution in [0.2, 0.25) is 0 Å². The third-order valence-corrected chi connectivity index (χ3v) is 11.1. The summed E-state index contributed by atoms with van der Waals surface area (Å²) in [6.45, 7) is 15.4. The van der Waals surface area contributed by atoms with Crippen molar-refractivity contribution in [1.29, 1.82) is 0 Å². The molecule has 0 radical (unpaired) electrons. The van der Waals surface area contributed by atoms with E-state index in [4.69, 9.17) is 9.72 Å². The molecule has 0 saturated heterocycles. The van der Waals surface area contributed by atoms with Gasteiger partial charge in [0.05, 0.1) is 24.1 Å². The number of hydrogen-bond donors (Lipinski definition) is 4. The van der Waals surface area contributed by atoms with Crippen LogP contribution in [0.1, 0.15) is 86.7 Å². The molecule has 2 aliphatic heterocycles. The first-order valence-electron chi connectivity index (χ1n) is 20.9. The number of halogens is 2. The first-order valence-corrected chi connectivity index (χ1v) is 20.9. The number of rotatable bonds is 9. The Kier molecular flexibility index (Phi) is 15.0. The maximum Gasteiger partial charge on any atom is 0.272 e. The van der Waals surface area contributed by atoms with Crippen LogP contribution in [0, 0.1) is 22.5 Å². The molecule has 62 heavy (non-hydrogen) atoms. The number of nitrogens with one attached hydrogen (secondary N) is 4. The minimum Gasteiger partial charge on any atom is -0.494 e. The van der Waals surface area contributed by atoms with Gasteiger partial charge in [0.15, 0.2) is 23.0 Å². The SMILES string of the molecule is CNC(=O)[C@@H](NC(=O)c1nc(-c2cc(F)c(OC)cc2F)n2c1CN(C)CCC2)C(C)(C)C.CNC(=O)[C@@H](NC(=O)c1nc(-c2ccccc2)n2c1CN(C)CCC2)C(C)(C)C. The van der Waals surface area contributed by atoms with Gasteiger partial charge in [0.2, 0.25) is 11.8 Å². The zero-order valence-corrected chi connectivity index (χ0v) is 37.8. The predicted octanol–water partition coefficient (Wildman–Crippen LogP) is 4.84. The third kappa shape index (κ3) is 10.7. The molecule has 336 valence electrons. The minimum atomic E-state index is -0.811. The van der Waals surface area contributed by atoms with Crippen molar-refractivity contribution in [1.82, 2.24) is 50.2 Å². The molecule has 0 aliphatic carbocycles. The van der Waals surface area contributed by atoms with E-state index in [-0.39, 0.29) is 40.6 Å². The monoisotopic (exact) mass is 860 g/mol. The molecule has 4 amide bonds. The highest BCUT2D eigenvalue weighted by atomic mass is 19.1. The van der Waals surface area contributed by atoms with Crippen molar-refractivity contribution in [3.05, 3.63) is 76.9 Å². The van der Waals surface area contributed by atoms with Crippen molar-refractivity contribution in [2.75, 3.05) is 48.4 Å². The van der Waals surface area contributed by atoms with E-state index in [9.17, 15) is 28.0 Å². The second-order valence-corrected chi connectivity index (χ2v) is 18.1. The van der Waals surface area contributed by atoms with Gasteiger partial charge in [0.1, 0.15) is 29.5 Å². The fourth-order valence-corrected chi connectivity index (χ4v) is 7.71. The summed E-state index contributed by atoms with van der Waals surface area (Å²) in [5.74, 6) is -2.08. The highest BCUT2D eigenvalue weighted by Gasteiger charge is 2.36. The van der Waals surface area contributed by atoms with E-state index in [1.54, 1.807) is 11.6 Å². The van der Waals surface area contributed by atoms with Gasteiger partial charge in [0, 0.05) is 51.9 Å². The summed E-state index contributed by atoms with van der Waals surface area (Å²) in [6.07, 6.45) is 1.74. The summed E-state index contributed by atoms with van der Waals surface area (Å²) in [5.41, 5.74) is 1.91. The lowest BCUT2D eigenvalue weighted by Gasteiger charge is -2.29. The van der Waals surface area contributed by atoms with Gasteiger partial charge in [-0.1, -0.05) is 71.9 Å². The van der Waals surface area contributed by atoms with Gasteiger partial charge < -0.3 is 44.9 Å². The van der Waals surface area contributed by atoms with E-state index in [1.165, 1.54) is 14.2 Å². The number of nitrogens with zero attached hydrogens (tertiary/aromatic N) is 6. The smallest absolute Gasteiger partial charge is 0.272 e. The van der Waals surface area contributed by atoms with E-state index in [2.05, 4.69) is 42.8 Å². The third-order valence-electron chi connectivity index (χ3n) is 11.1. The number of likely N-dealkylation sites (N-methyl/N-ethyl adjacent to an activating group) is 2. The number of benzene rings is 2. The fourth-order valence-electron chi connectivity index (χ4n) is 7.71. The number of amides is 4. The van der Waals surface area contributed by atoms with Crippen molar-refractivity contribution in [2.45, 2.75) is 92.6 Å². The van der Waals surface area contributed by atoms with Crippen molar-refractivity contribution in [3.63, 3.8) is 0 Å². The number of methoxy groups -OCH3 is 1. The second kappa shape index (κ2) is 19.6. The van der Waals surface area contributed by atoms with Crippen LogP contribution in [0.4, 0.5) is 8.78 Å². The summed E-state index contributed by atoms with van der Waals surface area (Å²) in [6, 6.07) is 10.5. The summed E-state index contributed by atoms with van der Waals surface area (Å²) in [4.78, 5) is 64.9. The molecule has 0 fully saturated rings. The largest absolute Gasteiger partial charge is 0.494 e. The average Bonchev–Trinajstić information content (AvgIpc) is 3.60. The summed E-state index contributed by atoms with van der Waals surface area (Å²) in [5, 5.41) is 10.9. The van der Waals surface area contributed by atoms with E-state index in [0.717, 1.165) is 61.7 Å². The molecule has 15 nitrogen and oxygen atoms in total. The number of fused-ring (bicyclic) bond motifs is 2. The zero-order valence-electron chi connectivity index (χ0n) is 37.8. The van der Waals surface area contributed by atoms with Gasteiger partial charge >= 0.3 is 0 Å². The minimum absolute atomic E-state index is 0.0585. The van der Waals surface area contributed by atoms with Crippen LogP contribution in [0.15, 0.2) is 42.5 Å². The Morgan fingerprint density at radius 3 is 1.56 bits per heavy atom. The van der Waals surface area contributed by atoms with Crippen LogP contribution in [0.5, 0.6) is 5.75 Å². The molecule has 4 heterocycles.